The molecule has 3 heterocycles. The number of thiophene rings is 1. The van der Waals surface area contributed by atoms with Gasteiger partial charge in [-0.15, -0.1) is 11.3 Å². The normalized spacial score (nSPS) is 19.4. The lowest BCUT2D eigenvalue weighted by atomic mass is 9.74. The zero-order chi connectivity index (χ0) is 20.9. The maximum absolute atomic E-state index is 11.0. The van der Waals surface area contributed by atoms with Crippen LogP contribution < -0.4 is 5.73 Å². The number of aryl methyl sites for hydroxylation is 1. The fourth-order valence-electron chi connectivity index (χ4n) is 4.56. The Bertz CT molecular complexity index is 1120. The number of hydrogen-bond acceptors (Lipinski definition) is 4. The van der Waals surface area contributed by atoms with Gasteiger partial charge in [0.1, 0.15) is 11.1 Å². The molecule has 0 atom stereocenters. The van der Waals surface area contributed by atoms with Gasteiger partial charge in [-0.25, -0.2) is 9.98 Å². The first kappa shape index (κ1) is 19.8. The van der Waals surface area contributed by atoms with Gasteiger partial charge >= 0.3 is 0 Å². The van der Waals surface area contributed by atoms with Gasteiger partial charge in [-0.05, 0) is 67.7 Å². The fraction of sp³-hybridized carbons (Fsp3) is 0.435. The second kappa shape index (κ2) is 7.41. The van der Waals surface area contributed by atoms with Gasteiger partial charge in [0.05, 0.1) is 12.0 Å². The highest BCUT2D eigenvalue weighted by Crippen LogP contribution is 2.50. The molecular formula is C23H28N4OS. The van der Waals surface area contributed by atoms with E-state index in [1.54, 1.807) is 0 Å². The minimum atomic E-state index is 0.242. The van der Waals surface area contributed by atoms with Gasteiger partial charge in [-0.1, -0.05) is 13.8 Å². The highest BCUT2D eigenvalue weighted by Gasteiger charge is 2.34. The molecule has 3 aromatic rings. The van der Waals surface area contributed by atoms with Crippen LogP contribution in [0.15, 0.2) is 11.2 Å². The van der Waals surface area contributed by atoms with E-state index in [9.17, 15) is 4.79 Å². The molecule has 1 aliphatic carbocycles. The van der Waals surface area contributed by atoms with E-state index < -0.39 is 0 Å². The molecule has 0 bridgehead atoms. The van der Waals surface area contributed by atoms with Crippen molar-refractivity contribution in [3.05, 3.63) is 33.3 Å². The Balaban J connectivity index is 1.85. The number of hydrogen-bond donors (Lipinski definition) is 2. The summed E-state index contributed by atoms with van der Waals surface area (Å²) in [6.45, 7) is 10.9. The Morgan fingerprint density at radius 3 is 2.59 bits per heavy atom. The zero-order valence-electron chi connectivity index (χ0n) is 17.7. The number of carbonyl (C=O) groups is 1. The van der Waals surface area contributed by atoms with E-state index in [1.165, 1.54) is 38.1 Å². The Labute approximate surface area is 175 Å². The molecule has 0 unspecified atom stereocenters. The van der Waals surface area contributed by atoms with Crippen LogP contribution in [0.5, 0.6) is 0 Å². The van der Waals surface area contributed by atoms with Crippen molar-refractivity contribution >= 4 is 40.0 Å². The van der Waals surface area contributed by atoms with Crippen LogP contribution in [0, 0.1) is 26.7 Å². The summed E-state index contributed by atoms with van der Waals surface area (Å²) in [4.78, 5) is 26.1. The van der Waals surface area contributed by atoms with E-state index in [4.69, 9.17) is 5.73 Å². The number of aldehydes is 1. The average molecular weight is 409 g/mol. The topological polar surface area (TPSA) is 84.1 Å². The molecule has 6 heteroatoms. The summed E-state index contributed by atoms with van der Waals surface area (Å²) < 4.78 is 0. The van der Waals surface area contributed by atoms with Crippen molar-refractivity contribution in [3.63, 3.8) is 0 Å². The quantitative estimate of drug-likeness (QED) is 0.325. The van der Waals surface area contributed by atoms with Gasteiger partial charge in [-0.2, -0.15) is 0 Å². The zero-order valence-corrected chi connectivity index (χ0v) is 18.5. The third kappa shape index (κ3) is 3.10. The van der Waals surface area contributed by atoms with Crippen LogP contribution in [-0.4, -0.2) is 22.6 Å². The van der Waals surface area contributed by atoms with Crippen molar-refractivity contribution in [2.24, 2.45) is 16.6 Å². The van der Waals surface area contributed by atoms with E-state index in [-0.39, 0.29) is 5.92 Å². The van der Waals surface area contributed by atoms with Crippen LogP contribution in [0.4, 0.5) is 5.82 Å². The van der Waals surface area contributed by atoms with Gasteiger partial charge in [0.2, 0.25) is 0 Å². The molecule has 0 aliphatic heterocycles. The molecule has 0 radical (unpaired) electrons. The Morgan fingerprint density at radius 1 is 1.24 bits per heavy atom. The number of H-pyrrole nitrogens is 1. The number of carbonyl (C=O) groups excluding carboxylic acids is 1. The number of rotatable bonds is 5. The minimum absolute atomic E-state index is 0.242. The standard InChI is InChI=1S/C23H28N4OS/c1-11(2)18-19-14(5)21(16-6-15(7-16)9-28)29-23(19)27-20(18)17-8-25-22(26-10-24)13(4)12(17)3/h8-11,15-16,27H,6-7H2,1-5H3,(H2,24,25,26). The molecule has 0 saturated heterocycles. The van der Waals surface area contributed by atoms with Gasteiger partial charge in [0, 0.05) is 27.9 Å². The predicted octanol–water partition coefficient (Wildman–Crippen LogP) is 5.65. The summed E-state index contributed by atoms with van der Waals surface area (Å²) in [5.41, 5.74) is 12.7. The van der Waals surface area contributed by atoms with Crippen molar-refractivity contribution < 1.29 is 4.79 Å². The van der Waals surface area contributed by atoms with E-state index in [2.05, 4.69) is 42.7 Å². The molecule has 0 amide bonds. The van der Waals surface area contributed by atoms with E-state index in [0.29, 0.717) is 17.7 Å². The summed E-state index contributed by atoms with van der Waals surface area (Å²) in [7, 11) is 0. The number of nitrogens with two attached hydrogens (primary N) is 1. The van der Waals surface area contributed by atoms with Crippen molar-refractivity contribution in [2.75, 3.05) is 0 Å². The molecule has 0 aromatic carbocycles. The van der Waals surface area contributed by atoms with Crippen LogP contribution in [-0.2, 0) is 4.79 Å². The lowest BCUT2D eigenvalue weighted by molar-refractivity contribution is -0.113. The molecule has 29 heavy (non-hydrogen) atoms. The summed E-state index contributed by atoms with van der Waals surface area (Å²) >= 11 is 1.86. The lowest BCUT2D eigenvalue weighted by Gasteiger charge is -2.31. The van der Waals surface area contributed by atoms with Gasteiger partial charge in [0.15, 0.2) is 5.82 Å². The van der Waals surface area contributed by atoms with Crippen LogP contribution >= 0.6 is 11.3 Å². The molecule has 4 rings (SSSR count). The number of fused-ring (bicyclic) bond motifs is 1. The van der Waals surface area contributed by atoms with E-state index in [1.807, 2.05) is 24.5 Å². The third-order valence-electron chi connectivity index (χ3n) is 6.36. The van der Waals surface area contributed by atoms with E-state index >= 15 is 0 Å². The summed E-state index contributed by atoms with van der Waals surface area (Å²) in [6, 6.07) is 0. The van der Waals surface area contributed by atoms with Crippen LogP contribution in [0.2, 0.25) is 0 Å². The number of nitrogens with zero attached hydrogens (tertiary/aromatic N) is 2. The van der Waals surface area contributed by atoms with Crippen molar-refractivity contribution in [1.82, 2.24) is 9.97 Å². The molecule has 1 aliphatic rings. The number of aromatic nitrogens is 2. The van der Waals surface area contributed by atoms with Crippen LogP contribution in [0.25, 0.3) is 21.5 Å². The molecule has 5 nitrogen and oxygen atoms in total. The van der Waals surface area contributed by atoms with Crippen molar-refractivity contribution in [2.45, 2.75) is 59.3 Å². The van der Waals surface area contributed by atoms with Gasteiger partial charge in [0.25, 0.3) is 0 Å². The maximum Gasteiger partial charge on any atom is 0.156 e. The SMILES string of the molecule is Cc1c(-c2[nH]c3sc(C4CC(C=O)C4)c(C)c3c2C(C)C)cnc(N=CN)c1C. The second-order valence-corrected chi connectivity index (χ2v) is 9.50. The highest BCUT2D eigenvalue weighted by atomic mass is 32.1. The Morgan fingerprint density at radius 2 is 1.97 bits per heavy atom. The predicted molar refractivity (Wildman–Crippen MR) is 122 cm³/mol. The summed E-state index contributed by atoms with van der Waals surface area (Å²) in [5, 5.41) is 1.35. The smallest absolute Gasteiger partial charge is 0.156 e. The second-order valence-electron chi connectivity index (χ2n) is 8.45. The molecule has 1 fully saturated rings. The molecule has 1 saturated carbocycles. The van der Waals surface area contributed by atoms with Crippen molar-refractivity contribution in [1.29, 1.82) is 0 Å². The molecule has 3 N–H and O–H groups in total. The first-order valence-electron chi connectivity index (χ1n) is 10.2. The van der Waals surface area contributed by atoms with E-state index in [0.717, 1.165) is 35.9 Å². The lowest BCUT2D eigenvalue weighted by Crippen LogP contribution is -2.22. The largest absolute Gasteiger partial charge is 0.390 e. The average Bonchev–Trinajstić information content (AvgIpc) is 3.16. The number of pyridine rings is 1. The van der Waals surface area contributed by atoms with Gasteiger partial charge < -0.3 is 15.5 Å². The Kier molecular flexibility index (Phi) is 5.07. The first-order chi connectivity index (χ1) is 13.9. The fourth-order valence-corrected chi connectivity index (χ4v) is 5.91. The molecule has 0 spiro atoms. The van der Waals surface area contributed by atoms with Gasteiger partial charge in [-0.3, -0.25) is 0 Å². The number of nitrogens with one attached hydrogen (secondary N) is 1. The summed E-state index contributed by atoms with van der Waals surface area (Å²) in [6.07, 6.45) is 6.28. The van der Waals surface area contributed by atoms with Crippen LogP contribution in [0.1, 0.15) is 65.7 Å². The first-order valence-corrected chi connectivity index (χ1v) is 11.0. The number of aliphatic imine (C=N–C) groups is 1. The molecule has 3 aromatic heterocycles. The van der Waals surface area contributed by atoms with Crippen LogP contribution in [0.3, 0.4) is 0 Å². The molecule has 152 valence electrons. The number of aromatic amines is 1. The van der Waals surface area contributed by atoms with Crippen molar-refractivity contribution in [3.8, 4) is 11.3 Å². The summed E-state index contributed by atoms with van der Waals surface area (Å²) in [5.74, 6) is 1.82. The maximum atomic E-state index is 11.0. The Hall–Kier alpha value is -2.47. The minimum Gasteiger partial charge on any atom is -0.390 e. The third-order valence-corrected chi connectivity index (χ3v) is 7.73. The monoisotopic (exact) mass is 408 g/mol. The molecular weight excluding hydrogens is 380 g/mol. The highest BCUT2D eigenvalue weighted by molar-refractivity contribution is 7.19.